The molecule has 0 radical (unpaired) electrons. The molecule has 1 aliphatic carbocycles. The first kappa shape index (κ1) is 18.9. The lowest BCUT2D eigenvalue weighted by Crippen LogP contribution is -2.26. The highest BCUT2D eigenvalue weighted by molar-refractivity contribution is 9.11. The zero-order valence-electron chi connectivity index (χ0n) is 14.2. The molecule has 26 heavy (non-hydrogen) atoms. The minimum absolute atomic E-state index is 0.198. The Morgan fingerprint density at radius 1 is 1.08 bits per heavy atom. The molecule has 0 saturated carbocycles. The van der Waals surface area contributed by atoms with Crippen molar-refractivity contribution in [2.24, 2.45) is 0 Å². The minimum atomic E-state index is -0.992. The summed E-state index contributed by atoms with van der Waals surface area (Å²) in [6.45, 7) is 0. The number of amides is 2. The molecule has 2 aromatic carbocycles. The van der Waals surface area contributed by atoms with Gasteiger partial charge in [0.15, 0.2) is 0 Å². The second-order valence-corrected chi connectivity index (χ2v) is 7.99. The molecule has 3 rings (SSSR count). The van der Waals surface area contributed by atoms with Crippen molar-refractivity contribution >= 4 is 55.2 Å². The van der Waals surface area contributed by atoms with Gasteiger partial charge in [0.25, 0.3) is 5.91 Å². The maximum Gasteiger partial charge on any atom is 0.411 e. The topological polar surface area (TPSA) is 69.6 Å². The Labute approximate surface area is 168 Å². The van der Waals surface area contributed by atoms with E-state index < -0.39 is 6.09 Å². The van der Waals surface area contributed by atoms with E-state index in [1.165, 1.54) is 4.90 Å². The standard InChI is InChI=1S/C19H18Br2N2O3/c1-23(19(25)26)17-9-8-16(12-4-2-3-5-13(12)17)22-18(24)14-7-6-11(20)10-15(14)21/h6-10H,2-5H2,1H3,(H,22,24)(H,25,26). The van der Waals surface area contributed by atoms with Crippen LogP contribution in [0.25, 0.3) is 0 Å². The number of halogens is 2. The monoisotopic (exact) mass is 480 g/mol. The first-order valence-corrected chi connectivity index (χ1v) is 9.85. The van der Waals surface area contributed by atoms with Crippen molar-refractivity contribution in [1.82, 2.24) is 0 Å². The quantitative estimate of drug-likeness (QED) is 0.611. The molecule has 7 heteroatoms. The number of nitrogens with one attached hydrogen (secondary N) is 1. The SMILES string of the molecule is CN(C(=O)O)c1ccc(NC(=O)c2ccc(Br)cc2Br)c2c1CCCC2. The van der Waals surface area contributed by atoms with Gasteiger partial charge in [0, 0.05) is 21.7 Å². The van der Waals surface area contributed by atoms with Crippen LogP contribution in [0.1, 0.15) is 34.3 Å². The number of benzene rings is 2. The van der Waals surface area contributed by atoms with E-state index in [9.17, 15) is 14.7 Å². The first-order chi connectivity index (χ1) is 12.4. The molecule has 0 spiro atoms. The molecular formula is C19H18Br2N2O3. The molecule has 0 fully saturated rings. The van der Waals surface area contributed by atoms with Crippen molar-refractivity contribution in [2.75, 3.05) is 17.3 Å². The summed E-state index contributed by atoms with van der Waals surface area (Å²) in [4.78, 5) is 25.3. The van der Waals surface area contributed by atoms with Gasteiger partial charge < -0.3 is 10.4 Å². The Morgan fingerprint density at radius 3 is 2.42 bits per heavy atom. The van der Waals surface area contributed by atoms with E-state index in [-0.39, 0.29) is 5.91 Å². The predicted molar refractivity (Wildman–Crippen MR) is 109 cm³/mol. The van der Waals surface area contributed by atoms with Gasteiger partial charge in [-0.05, 0) is 83.1 Å². The number of rotatable bonds is 3. The van der Waals surface area contributed by atoms with Crippen molar-refractivity contribution in [3.05, 3.63) is 56.0 Å². The molecule has 0 aromatic heterocycles. The van der Waals surface area contributed by atoms with Crippen LogP contribution < -0.4 is 10.2 Å². The van der Waals surface area contributed by atoms with Crippen LogP contribution in [-0.4, -0.2) is 24.2 Å². The number of carbonyl (C=O) groups excluding carboxylic acids is 1. The number of fused-ring (bicyclic) bond motifs is 1. The van der Waals surface area contributed by atoms with Gasteiger partial charge in [0.1, 0.15) is 0 Å². The van der Waals surface area contributed by atoms with Gasteiger partial charge in [0.05, 0.1) is 11.3 Å². The molecule has 2 N–H and O–H groups in total. The third-order valence-electron chi connectivity index (χ3n) is 4.58. The lowest BCUT2D eigenvalue weighted by atomic mass is 9.88. The van der Waals surface area contributed by atoms with E-state index in [0.717, 1.165) is 47.0 Å². The van der Waals surface area contributed by atoms with Crippen LogP contribution in [0, 0.1) is 0 Å². The zero-order valence-corrected chi connectivity index (χ0v) is 17.4. The van der Waals surface area contributed by atoms with E-state index in [2.05, 4.69) is 37.2 Å². The lowest BCUT2D eigenvalue weighted by Gasteiger charge is -2.26. The summed E-state index contributed by atoms with van der Waals surface area (Å²) in [7, 11) is 1.55. The molecule has 1 aliphatic rings. The highest BCUT2D eigenvalue weighted by atomic mass is 79.9. The third kappa shape index (κ3) is 3.78. The Kier molecular flexibility index (Phi) is 5.67. The van der Waals surface area contributed by atoms with Crippen LogP contribution in [0.3, 0.4) is 0 Å². The van der Waals surface area contributed by atoms with Crippen LogP contribution in [0.5, 0.6) is 0 Å². The molecule has 0 aliphatic heterocycles. The van der Waals surface area contributed by atoms with Crippen LogP contribution in [0.15, 0.2) is 39.3 Å². The molecule has 0 atom stereocenters. The van der Waals surface area contributed by atoms with Crippen LogP contribution in [0.2, 0.25) is 0 Å². The average Bonchev–Trinajstić information content (AvgIpc) is 2.61. The molecule has 5 nitrogen and oxygen atoms in total. The number of hydrogen-bond donors (Lipinski definition) is 2. The molecule has 136 valence electrons. The fraction of sp³-hybridized carbons (Fsp3) is 0.263. The van der Waals surface area contributed by atoms with Gasteiger partial charge in [-0.25, -0.2) is 4.79 Å². The van der Waals surface area contributed by atoms with E-state index in [4.69, 9.17) is 0 Å². The molecule has 0 unspecified atom stereocenters. The Morgan fingerprint density at radius 2 is 1.77 bits per heavy atom. The van der Waals surface area contributed by atoms with Crippen molar-refractivity contribution in [2.45, 2.75) is 25.7 Å². The fourth-order valence-corrected chi connectivity index (χ4v) is 4.47. The first-order valence-electron chi connectivity index (χ1n) is 8.26. The Bertz CT molecular complexity index is 883. The van der Waals surface area contributed by atoms with Gasteiger partial charge in [-0.3, -0.25) is 9.69 Å². The van der Waals surface area contributed by atoms with Gasteiger partial charge in [0.2, 0.25) is 0 Å². The largest absolute Gasteiger partial charge is 0.465 e. The summed E-state index contributed by atoms with van der Waals surface area (Å²) < 4.78 is 1.60. The second kappa shape index (κ2) is 7.80. The van der Waals surface area contributed by atoms with Crippen molar-refractivity contribution < 1.29 is 14.7 Å². The van der Waals surface area contributed by atoms with Gasteiger partial charge >= 0.3 is 6.09 Å². The normalized spacial score (nSPS) is 13.0. The van der Waals surface area contributed by atoms with E-state index >= 15 is 0 Å². The molecule has 2 amide bonds. The van der Waals surface area contributed by atoms with E-state index in [1.54, 1.807) is 25.2 Å². The van der Waals surface area contributed by atoms with Crippen molar-refractivity contribution in [1.29, 1.82) is 0 Å². The predicted octanol–water partition coefficient (Wildman–Crippen LogP) is 5.46. The Balaban J connectivity index is 1.95. The smallest absolute Gasteiger partial charge is 0.411 e. The number of carbonyl (C=O) groups is 2. The van der Waals surface area contributed by atoms with Crippen molar-refractivity contribution in [3.63, 3.8) is 0 Å². The van der Waals surface area contributed by atoms with Gasteiger partial charge in [-0.2, -0.15) is 0 Å². The third-order valence-corrected chi connectivity index (χ3v) is 5.73. The van der Waals surface area contributed by atoms with Gasteiger partial charge in [-0.15, -0.1) is 0 Å². The van der Waals surface area contributed by atoms with Crippen LogP contribution in [0.4, 0.5) is 16.2 Å². The Hall–Kier alpha value is -1.86. The number of hydrogen-bond acceptors (Lipinski definition) is 2. The lowest BCUT2D eigenvalue weighted by molar-refractivity contribution is 0.102. The number of nitrogens with zero attached hydrogens (tertiary/aromatic N) is 1. The number of anilines is 2. The summed E-state index contributed by atoms with van der Waals surface area (Å²) in [5.41, 5.74) is 4.03. The van der Waals surface area contributed by atoms with E-state index in [0.29, 0.717) is 15.7 Å². The van der Waals surface area contributed by atoms with Crippen LogP contribution >= 0.6 is 31.9 Å². The summed E-state index contributed by atoms with van der Waals surface area (Å²) in [5.74, 6) is -0.198. The molecule has 0 saturated heterocycles. The number of carboxylic acid groups (broad SMARTS) is 1. The highest BCUT2D eigenvalue weighted by Crippen LogP contribution is 2.35. The molecule has 0 bridgehead atoms. The summed E-state index contributed by atoms with van der Waals surface area (Å²) in [6.07, 6.45) is 2.69. The van der Waals surface area contributed by atoms with Crippen molar-refractivity contribution in [3.8, 4) is 0 Å². The fourth-order valence-electron chi connectivity index (χ4n) is 3.25. The maximum absolute atomic E-state index is 12.7. The average molecular weight is 482 g/mol. The van der Waals surface area contributed by atoms with Gasteiger partial charge in [-0.1, -0.05) is 15.9 Å². The second-order valence-electron chi connectivity index (χ2n) is 6.22. The summed E-state index contributed by atoms with van der Waals surface area (Å²) >= 11 is 6.80. The van der Waals surface area contributed by atoms with E-state index in [1.807, 2.05) is 12.1 Å². The van der Waals surface area contributed by atoms with Crippen LogP contribution in [-0.2, 0) is 12.8 Å². The maximum atomic E-state index is 12.7. The summed E-state index contributed by atoms with van der Waals surface area (Å²) in [5, 5.41) is 12.3. The molecule has 2 aromatic rings. The molecular weight excluding hydrogens is 464 g/mol. The minimum Gasteiger partial charge on any atom is -0.465 e. The zero-order chi connectivity index (χ0) is 18.8. The molecule has 0 heterocycles. The highest BCUT2D eigenvalue weighted by Gasteiger charge is 2.22. The summed E-state index contributed by atoms with van der Waals surface area (Å²) in [6, 6.07) is 8.96.